The summed E-state index contributed by atoms with van der Waals surface area (Å²) >= 11 is 6.56. The van der Waals surface area contributed by atoms with Gasteiger partial charge in [0.05, 0.1) is 28.8 Å². The summed E-state index contributed by atoms with van der Waals surface area (Å²) < 4.78 is 8.84. The fourth-order valence-corrected chi connectivity index (χ4v) is 8.12. The van der Waals surface area contributed by atoms with Crippen LogP contribution in [-0.4, -0.2) is 106 Å². The van der Waals surface area contributed by atoms with Crippen molar-refractivity contribution in [3.8, 4) is 5.75 Å². The average molecular weight is 782 g/mol. The van der Waals surface area contributed by atoms with Crippen LogP contribution in [0.3, 0.4) is 0 Å². The molecule has 0 bridgehead atoms. The quantitative estimate of drug-likeness (QED) is 0.177. The smallest absolute Gasteiger partial charge is 0.293 e. The number of nitrogens with one attached hydrogen (secondary N) is 3. The molecule has 56 heavy (non-hydrogen) atoms. The van der Waals surface area contributed by atoms with Crippen LogP contribution in [0, 0.1) is 5.92 Å². The number of ether oxygens (including phenoxy) is 1. The molecule has 0 spiro atoms. The molecule has 6 heterocycles. The molecule has 3 aliphatic heterocycles. The largest absolute Gasteiger partial charge is 0.478 e. The van der Waals surface area contributed by atoms with Gasteiger partial charge in [-0.3, -0.25) is 34.1 Å². The summed E-state index contributed by atoms with van der Waals surface area (Å²) in [4.78, 5) is 65.2. The number of anilines is 4. The number of halogens is 1. The molecule has 3 saturated heterocycles. The Morgan fingerprint density at radius 3 is 2.59 bits per heavy atom. The highest BCUT2D eigenvalue weighted by molar-refractivity contribution is 6.33. The van der Waals surface area contributed by atoms with Crippen molar-refractivity contribution in [3.63, 3.8) is 0 Å². The van der Waals surface area contributed by atoms with Crippen molar-refractivity contribution in [2.45, 2.75) is 25.2 Å². The molecular weight excluding hydrogens is 738 g/mol. The summed E-state index contributed by atoms with van der Waals surface area (Å²) in [5.74, 6) is 0.446. The zero-order chi connectivity index (χ0) is 39.1. The summed E-state index contributed by atoms with van der Waals surface area (Å²) in [6.45, 7) is 6.05. The van der Waals surface area contributed by atoms with Gasteiger partial charge in [-0.2, -0.15) is 10.1 Å². The third-order valence-corrected chi connectivity index (χ3v) is 11.4. The lowest BCUT2D eigenvalue weighted by Crippen LogP contribution is -2.48. The number of imide groups is 1. The minimum Gasteiger partial charge on any atom is -0.478 e. The molecule has 3 aromatic heterocycles. The second-order valence-electron chi connectivity index (χ2n) is 14.7. The fraction of sp³-hybridized carbons (Fsp3) is 0.410. The fourth-order valence-electron chi connectivity index (χ4n) is 7.98. The second-order valence-corrected chi connectivity index (χ2v) is 15.1. The maximum absolute atomic E-state index is 12.8. The van der Waals surface area contributed by atoms with E-state index in [1.165, 1.54) is 11.6 Å². The summed E-state index contributed by atoms with van der Waals surface area (Å²) in [6, 6.07) is 13.6. The van der Waals surface area contributed by atoms with Gasteiger partial charge in [0.1, 0.15) is 5.02 Å². The van der Waals surface area contributed by atoms with E-state index in [1.807, 2.05) is 29.9 Å². The van der Waals surface area contributed by atoms with E-state index >= 15 is 0 Å². The highest BCUT2D eigenvalue weighted by Gasteiger charge is 2.32. The van der Waals surface area contributed by atoms with E-state index in [1.54, 1.807) is 19.3 Å². The lowest BCUT2D eigenvalue weighted by molar-refractivity contribution is -0.134. The van der Waals surface area contributed by atoms with Crippen LogP contribution in [0.4, 0.5) is 23.1 Å². The molecule has 292 valence electrons. The van der Waals surface area contributed by atoms with Crippen LogP contribution in [0.5, 0.6) is 5.75 Å². The molecule has 8 rings (SSSR count). The number of hydrogen-bond donors (Lipinski definition) is 3. The average Bonchev–Trinajstić information content (AvgIpc) is 3.80. The highest BCUT2D eigenvalue weighted by Crippen LogP contribution is 2.34. The molecule has 17 heteroatoms. The first kappa shape index (κ1) is 37.2. The Morgan fingerprint density at radius 2 is 1.80 bits per heavy atom. The van der Waals surface area contributed by atoms with E-state index in [0.29, 0.717) is 46.8 Å². The summed E-state index contributed by atoms with van der Waals surface area (Å²) in [5, 5.41) is 15.0. The normalized spacial score (nSPS) is 19.1. The Balaban J connectivity index is 0.873. The number of carbonyl (C=O) groups is 3. The van der Waals surface area contributed by atoms with Gasteiger partial charge in [-0.15, -0.1) is 0 Å². The predicted octanol–water partition coefficient (Wildman–Crippen LogP) is 2.91. The zero-order valence-electron chi connectivity index (χ0n) is 31.5. The van der Waals surface area contributed by atoms with E-state index in [4.69, 9.17) is 26.4 Å². The number of carbonyl (C=O) groups excluding carboxylic acids is 3. The second kappa shape index (κ2) is 15.4. The molecule has 3 amide bonds. The summed E-state index contributed by atoms with van der Waals surface area (Å²) in [6.07, 6.45) is 3.52. The number of aryl methyl sites for hydroxylation is 2. The first-order valence-corrected chi connectivity index (χ1v) is 19.2. The number of piperazine rings is 1. The van der Waals surface area contributed by atoms with Crippen LogP contribution >= 0.6 is 11.6 Å². The zero-order valence-corrected chi connectivity index (χ0v) is 32.3. The minimum atomic E-state index is -0.418. The standard InChI is InChI=1S/C39H44ClN11O5/c1-41-34(53)22-56-32-17-24-16-25(4-8-30(24)47(2)38(32)55)43-36-29(40)19-42-39(45-36)50-14-12-49(13-15-50)20-23-10-11-51(21-23)26-5-6-27-31(18-26)48(3)46-35(27)28-7-9-33(52)44-37(28)54/h4-6,8,16-19,23,28H,7,9-15,20-22H2,1-3H3,(H,41,53)(H,42,43,45)(H,44,52,54). The van der Waals surface area contributed by atoms with Gasteiger partial charge in [-0.05, 0) is 61.2 Å². The van der Waals surface area contributed by atoms with E-state index in [0.717, 1.165) is 79.9 Å². The molecule has 2 aromatic carbocycles. The number of fused-ring (bicyclic) bond motifs is 2. The number of piperidine rings is 1. The maximum atomic E-state index is 12.8. The number of rotatable bonds is 10. The van der Waals surface area contributed by atoms with Gasteiger partial charge in [0.2, 0.25) is 17.8 Å². The minimum absolute atomic E-state index is 0.0820. The van der Waals surface area contributed by atoms with Gasteiger partial charge in [0.15, 0.2) is 18.2 Å². The van der Waals surface area contributed by atoms with Gasteiger partial charge in [0, 0.05) is 95.5 Å². The molecule has 0 saturated carbocycles. The number of nitrogens with zero attached hydrogens (tertiary/aromatic N) is 8. The number of pyridine rings is 1. The van der Waals surface area contributed by atoms with Crippen LogP contribution < -0.4 is 36.0 Å². The van der Waals surface area contributed by atoms with E-state index in [2.05, 4.69) is 53.8 Å². The van der Waals surface area contributed by atoms with E-state index in [9.17, 15) is 19.2 Å². The molecule has 3 fully saturated rings. The SMILES string of the molecule is CNC(=O)COc1cc2cc(Nc3nc(N4CCN(CC5CCN(c6ccc7c(C8CCC(=O)NC8=O)nn(C)c7c6)C5)CC4)ncc3Cl)ccc2n(C)c1=O. The van der Waals surface area contributed by atoms with E-state index in [-0.39, 0.29) is 35.6 Å². The van der Waals surface area contributed by atoms with Crippen molar-refractivity contribution >= 4 is 74.3 Å². The maximum Gasteiger partial charge on any atom is 0.293 e. The van der Waals surface area contributed by atoms with Crippen LogP contribution in [0.15, 0.2) is 53.5 Å². The van der Waals surface area contributed by atoms with Crippen molar-refractivity contribution in [1.29, 1.82) is 0 Å². The Kier molecular flexibility index (Phi) is 10.2. The lowest BCUT2D eigenvalue weighted by atomic mass is 9.93. The molecule has 3 N–H and O–H groups in total. The number of hydrogen-bond acceptors (Lipinski definition) is 12. The van der Waals surface area contributed by atoms with Crippen molar-refractivity contribution in [3.05, 3.63) is 69.7 Å². The first-order chi connectivity index (χ1) is 27.0. The number of benzene rings is 2. The van der Waals surface area contributed by atoms with Crippen LogP contribution in [0.2, 0.25) is 5.02 Å². The molecule has 3 aliphatic rings. The summed E-state index contributed by atoms with van der Waals surface area (Å²) in [7, 11) is 5.07. The van der Waals surface area contributed by atoms with Gasteiger partial charge < -0.3 is 29.7 Å². The van der Waals surface area contributed by atoms with Crippen molar-refractivity contribution in [2.75, 3.05) is 74.6 Å². The van der Waals surface area contributed by atoms with E-state index < -0.39 is 5.92 Å². The van der Waals surface area contributed by atoms with Gasteiger partial charge in [0.25, 0.3) is 11.5 Å². The molecule has 2 unspecified atom stereocenters. The molecule has 0 radical (unpaired) electrons. The highest BCUT2D eigenvalue weighted by atomic mass is 35.5. The topological polar surface area (TPSA) is 172 Å². The Hall–Kier alpha value is -5.74. The number of amides is 3. The van der Waals surface area contributed by atoms with Crippen molar-refractivity contribution in [1.82, 2.24) is 39.8 Å². The van der Waals surface area contributed by atoms with Gasteiger partial charge in [-0.1, -0.05) is 11.6 Å². The van der Waals surface area contributed by atoms with Crippen LogP contribution in [0.1, 0.15) is 30.9 Å². The Bertz CT molecular complexity index is 2410. The molecule has 2 atom stereocenters. The van der Waals surface area contributed by atoms with Crippen LogP contribution in [0.25, 0.3) is 21.8 Å². The third kappa shape index (κ3) is 7.45. The molecule has 16 nitrogen and oxygen atoms in total. The monoisotopic (exact) mass is 781 g/mol. The van der Waals surface area contributed by atoms with Crippen LogP contribution in [-0.2, 0) is 28.5 Å². The number of likely N-dealkylation sites (N-methyl/N-ethyl adjacent to an activating group) is 1. The predicted molar refractivity (Wildman–Crippen MR) is 214 cm³/mol. The molecular formula is C39H44ClN11O5. The third-order valence-electron chi connectivity index (χ3n) is 11.1. The Morgan fingerprint density at radius 1 is 0.982 bits per heavy atom. The molecule has 5 aromatic rings. The summed E-state index contributed by atoms with van der Waals surface area (Å²) in [5.41, 5.74) is 3.95. The molecule has 0 aliphatic carbocycles. The van der Waals surface area contributed by atoms with Gasteiger partial charge >= 0.3 is 0 Å². The van der Waals surface area contributed by atoms with Crippen molar-refractivity contribution < 1.29 is 19.1 Å². The first-order valence-electron chi connectivity index (χ1n) is 18.8. The Labute approximate surface area is 327 Å². The number of aromatic nitrogens is 5. The van der Waals surface area contributed by atoms with Gasteiger partial charge in [-0.25, -0.2) is 4.98 Å². The lowest BCUT2D eigenvalue weighted by Gasteiger charge is -2.36. The van der Waals surface area contributed by atoms with Crippen molar-refractivity contribution in [2.24, 2.45) is 20.0 Å².